The normalized spacial score (nSPS) is 22.3. The predicted octanol–water partition coefficient (Wildman–Crippen LogP) is 23.8. The molecule has 8 aliphatic carbocycles. The van der Waals surface area contributed by atoms with Crippen molar-refractivity contribution in [1.82, 2.24) is 0 Å². The molecule has 8 bridgehead atoms. The molecular formula is C99H135F3O18S2. The molecule has 672 valence electrons. The average molecular weight is 1730 g/mol. The molecule has 2 heterocycles. The Bertz CT molecular complexity index is 4660. The minimum atomic E-state index is -5.27. The zero-order valence-corrected chi connectivity index (χ0v) is 77.8. The number of carbonyl (C=O) groups is 5. The van der Waals surface area contributed by atoms with Crippen molar-refractivity contribution in [1.29, 1.82) is 0 Å². The van der Waals surface area contributed by atoms with Crippen LogP contribution in [-0.4, -0.2) is 82.8 Å². The lowest BCUT2D eigenvalue weighted by atomic mass is 9.46. The van der Waals surface area contributed by atoms with Gasteiger partial charge in [0.25, 0.3) is 0 Å². The molecular weight excluding hydrogens is 1600 g/mol. The number of phenols is 1. The Labute approximate surface area is 726 Å². The van der Waals surface area contributed by atoms with E-state index in [0.29, 0.717) is 62.4 Å². The van der Waals surface area contributed by atoms with Crippen LogP contribution in [0.3, 0.4) is 0 Å². The highest BCUT2D eigenvalue weighted by Gasteiger charge is 2.65. The number of halogens is 3. The van der Waals surface area contributed by atoms with E-state index >= 15 is 0 Å². The first kappa shape index (κ1) is 99.3. The summed E-state index contributed by atoms with van der Waals surface area (Å²) in [6, 6.07) is 40.2. The van der Waals surface area contributed by atoms with Crippen molar-refractivity contribution in [3.8, 4) is 34.5 Å². The second kappa shape index (κ2) is 40.0. The maximum absolute atomic E-state index is 13.3. The number of benzene rings is 5. The van der Waals surface area contributed by atoms with Crippen molar-refractivity contribution in [3.63, 3.8) is 0 Å². The van der Waals surface area contributed by atoms with E-state index in [1.165, 1.54) is 77.5 Å². The second-order valence-electron chi connectivity index (χ2n) is 38.7. The highest BCUT2D eigenvalue weighted by molar-refractivity contribution is 7.97. The van der Waals surface area contributed by atoms with Crippen LogP contribution >= 0.6 is 0 Å². The number of para-hydroxylation sites is 2. The fraction of sp³-hybridized carbons (Fsp3) is 0.596. The number of phenolic OH excluding ortho intramolecular Hbond substituents is 1. The summed E-state index contributed by atoms with van der Waals surface area (Å²) in [4.78, 5) is 77.6. The number of aromatic hydroxyl groups is 1. The maximum atomic E-state index is 13.3. The van der Waals surface area contributed by atoms with Crippen molar-refractivity contribution in [2.75, 3.05) is 5.75 Å². The molecule has 4 unspecified atom stereocenters. The minimum Gasteiger partial charge on any atom is -0.748 e. The van der Waals surface area contributed by atoms with Crippen LogP contribution in [0.15, 0.2) is 151 Å². The molecule has 18 nitrogen and oxygen atoms in total. The van der Waals surface area contributed by atoms with Gasteiger partial charge in [-0.1, -0.05) is 110 Å². The molecule has 0 saturated heterocycles. The number of alkyl halides is 3. The zero-order chi connectivity index (χ0) is 90.7. The predicted molar refractivity (Wildman–Crippen MR) is 468 cm³/mol. The summed E-state index contributed by atoms with van der Waals surface area (Å²) < 4.78 is 117. The summed E-state index contributed by atoms with van der Waals surface area (Å²) in [5.74, 6) is 3.29. The molecule has 8 saturated carbocycles. The number of esters is 5. The summed E-state index contributed by atoms with van der Waals surface area (Å²) in [5, 5.41) is 9.52. The summed E-state index contributed by atoms with van der Waals surface area (Å²) in [5.41, 5.74) is -1.94. The Morgan fingerprint density at radius 1 is 0.574 bits per heavy atom. The fourth-order valence-electron chi connectivity index (χ4n) is 17.5. The van der Waals surface area contributed by atoms with E-state index < -0.39 is 73.3 Å². The fourth-order valence-corrected chi connectivity index (χ4v) is 20.4. The molecule has 23 heteroatoms. The van der Waals surface area contributed by atoms with Crippen LogP contribution in [0.1, 0.15) is 282 Å². The Morgan fingerprint density at radius 2 is 1.05 bits per heavy atom. The van der Waals surface area contributed by atoms with Crippen LogP contribution in [0.25, 0.3) is 0 Å². The number of carbonyl (C=O) groups excluding carboxylic acids is 5. The van der Waals surface area contributed by atoms with Crippen molar-refractivity contribution in [2.45, 2.75) is 324 Å². The van der Waals surface area contributed by atoms with E-state index in [1.807, 2.05) is 86.6 Å². The van der Waals surface area contributed by atoms with Gasteiger partial charge in [0.2, 0.25) is 27.1 Å². The first-order valence-electron chi connectivity index (χ1n) is 43.8. The SMILES string of the molecule is CCC(C)(C)C(=O)OC(C)(C)C12CC3CC(CC(C3)C1)C2.CCC(C)(C)C(=O)OC12CC3CC(C1)CC(C(=O)OC(CS(=O)(=O)[O-])C(F)(F)F)(C3)C2.CCC(C)(C)C(=O)Oc1ccc(O)c(C)c1C.CCC(C)c1ccc(OC(C)(C)CC)cc1.CCc1occc(=O)c1OC(=O)C(C)(C)CC.c1ccc([S+]2c3ccccc3Oc3ccccc32)cc1. The summed E-state index contributed by atoms with van der Waals surface area (Å²) in [6.45, 7) is 43.3. The van der Waals surface area contributed by atoms with Crippen LogP contribution in [0.4, 0.5) is 13.2 Å². The molecule has 1 aromatic heterocycles. The molecule has 4 atom stereocenters. The lowest BCUT2D eigenvalue weighted by Gasteiger charge is -2.61. The minimum absolute atomic E-state index is 0.00100. The van der Waals surface area contributed by atoms with E-state index in [9.17, 15) is 60.0 Å². The highest BCUT2D eigenvalue weighted by Crippen LogP contribution is 2.66. The van der Waals surface area contributed by atoms with E-state index in [4.69, 9.17) is 32.8 Å². The van der Waals surface area contributed by atoms with E-state index in [0.717, 1.165) is 71.8 Å². The summed E-state index contributed by atoms with van der Waals surface area (Å²) in [6.07, 6.45) is 9.23. The quantitative estimate of drug-likeness (QED) is 0.0194. The zero-order valence-electron chi connectivity index (χ0n) is 76.1. The van der Waals surface area contributed by atoms with Gasteiger partial charge < -0.3 is 47.2 Å². The summed E-state index contributed by atoms with van der Waals surface area (Å²) in [7, 11) is -5.35. The van der Waals surface area contributed by atoms with Gasteiger partial charge >= 0.3 is 36.0 Å². The van der Waals surface area contributed by atoms with Crippen molar-refractivity contribution in [2.24, 2.45) is 62.1 Å². The van der Waals surface area contributed by atoms with Gasteiger partial charge in [0.05, 0.1) is 49.2 Å². The standard InChI is InChI=1S/C20H29F3O7S.C19H32O2.C18H13OS.C15H24O.C14H20O3.C13H18O4/c1-4-17(2,3)15(24)30-19-8-12-5-13(9-19)7-18(6-12,11-19)16(25)29-14(20(21,22)23)10-31(26,27)28;1-6-17(2,3)16(20)21-18(4,5)19-10-13-7-14(11-19)9-15(8-13)12-19;1-2-8-14(9-3-1)20-17-12-6-4-10-15(17)19-16-11-5-7-13-18(16)20;1-6-12(3)13-8-10-14(11-9-13)16-15(4,5)7-2;1-6-14(4,5)13(16)17-12-8-7-11(15)9(2)10(12)3;1-5-10-11(9(14)7-8-16-10)17-12(15)13(3,4)6-2/h12-14H,4-11H2,1-3H3,(H,26,27,28);13-15H,6-12H2,1-5H3;1-13H;8-12H,6-7H2,1-5H3;7-8,15H,6H2,1-5H3;7-8H,5-6H2,1-4H3/q;;+1;;;/p-1. The van der Waals surface area contributed by atoms with Crippen molar-refractivity contribution in [3.05, 3.63) is 160 Å². The Kier molecular flexibility index (Phi) is 32.6. The van der Waals surface area contributed by atoms with Crippen LogP contribution in [0.5, 0.6) is 34.5 Å². The number of fused-ring (bicyclic) bond motifs is 2. The second-order valence-corrected chi connectivity index (χ2v) is 42.1. The van der Waals surface area contributed by atoms with Crippen molar-refractivity contribution < 1.29 is 92.8 Å². The molecule has 5 aromatic carbocycles. The molecule has 1 N–H and O–H groups in total. The van der Waals surface area contributed by atoms with Gasteiger partial charge in [-0.3, -0.25) is 28.8 Å². The third-order valence-electron chi connectivity index (χ3n) is 27.1. The molecule has 6 aromatic rings. The monoisotopic (exact) mass is 1730 g/mol. The largest absolute Gasteiger partial charge is 0.748 e. The molecule has 122 heavy (non-hydrogen) atoms. The Hall–Kier alpha value is -8.15. The van der Waals surface area contributed by atoms with Gasteiger partial charge in [-0.05, 0) is 319 Å². The van der Waals surface area contributed by atoms with E-state index in [1.54, 1.807) is 46.8 Å². The molecule has 15 rings (SSSR count). The van der Waals surface area contributed by atoms with Crippen LogP contribution in [0, 0.1) is 75.9 Å². The van der Waals surface area contributed by atoms with Crippen LogP contribution < -0.4 is 24.4 Å². The van der Waals surface area contributed by atoms with Gasteiger partial charge in [-0.2, -0.15) is 13.2 Å². The van der Waals surface area contributed by atoms with E-state index in [2.05, 4.69) is 139 Å². The lowest BCUT2D eigenvalue weighted by molar-refractivity contribution is -0.239. The third kappa shape index (κ3) is 24.7. The van der Waals surface area contributed by atoms with Gasteiger partial charge in [-0.25, -0.2) is 8.42 Å². The number of ether oxygens (including phenoxy) is 7. The molecule has 0 radical (unpaired) electrons. The van der Waals surface area contributed by atoms with Gasteiger partial charge in [0.1, 0.15) is 50.7 Å². The molecule has 1 aliphatic heterocycles. The maximum Gasteiger partial charge on any atom is 0.426 e. The highest BCUT2D eigenvalue weighted by atomic mass is 32.2. The smallest absolute Gasteiger partial charge is 0.426 e. The number of hydrogen-bond donors (Lipinski definition) is 1. The number of aryl methyl sites for hydroxylation is 1. The molecule has 0 spiro atoms. The van der Waals surface area contributed by atoms with Crippen LogP contribution in [0.2, 0.25) is 0 Å². The van der Waals surface area contributed by atoms with Gasteiger partial charge in [-0.15, -0.1) is 0 Å². The Balaban J connectivity index is 0.000000185. The van der Waals surface area contributed by atoms with Gasteiger partial charge in [0, 0.05) is 24.3 Å². The Morgan fingerprint density at radius 3 is 1.52 bits per heavy atom. The number of hydrogen-bond acceptors (Lipinski definition) is 18. The van der Waals surface area contributed by atoms with Crippen molar-refractivity contribution >= 4 is 50.9 Å². The first-order valence-corrected chi connectivity index (χ1v) is 46.6. The average Bonchev–Trinajstić information content (AvgIpc) is 0.729. The topological polar surface area (TPSA) is 258 Å². The molecule has 0 amide bonds. The third-order valence-corrected chi connectivity index (χ3v) is 30.1. The van der Waals surface area contributed by atoms with Crippen LogP contribution in [-0.2, 0) is 65.6 Å². The first-order chi connectivity index (χ1) is 56.8. The molecule has 8 fully saturated rings. The lowest BCUT2D eigenvalue weighted by Crippen LogP contribution is -2.61. The van der Waals surface area contributed by atoms with Gasteiger partial charge in [0.15, 0.2) is 16.4 Å². The van der Waals surface area contributed by atoms with E-state index in [-0.39, 0.29) is 80.1 Å². The molecule has 9 aliphatic rings. The summed E-state index contributed by atoms with van der Waals surface area (Å²) >= 11 is 0. The number of rotatable bonds is 24.